The smallest absolute Gasteiger partial charge is 0.316 e. The van der Waals surface area contributed by atoms with E-state index in [2.05, 4.69) is 6.07 Å². The number of nitrogens with zero attached hydrogens (tertiary/aromatic N) is 2. The molecule has 1 amide bonds. The molecule has 1 aromatic heterocycles. The molecule has 2 aromatic carbocycles. The number of carbonyl (C=O) groups excluding carboxylic acids is 2. The maximum absolute atomic E-state index is 12.5. The largest absolute Gasteiger partial charge is 0.489 e. The molecule has 0 aliphatic carbocycles. The lowest BCUT2D eigenvalue weighted by Gasteiger charge is -2.16. The molecule has 1 aliphatic heterocycles. The maximum Gasteiger partial charge on any atom is 0.316 e. The Bertz CT molecular complexity index is 1220. The number of hydrogen-bond acceptors (Lipinski definition) is 6. The van der Waals surface area contributed by atoms with Crippen LogP contribution in [0, 0.1) is 11.3 Å². The van der Waals surface area contributed by atoms with Crippen molar-refractivity contribution in [3.8, 4) is 22.9 Å². The Hall–Kier alpha value is -3.79. The van der Waals surface area contributed by atoms with Gasteiger partial charge in [0.15, 0.2) is 0 Å². The molecule has 3 aromatic rings. The minimum Gasteiger partial charge on any atom is -0.489 e. The number of amides is 1. The van der Waals surface area contributed by atoms with Crippen LogP contribution < -0.4 is 4.74 Å². The van der Waals surface area contributed by atoms with E-state index in [0.717, 1.165) is 22.9 Å². The highest BCUT2D eigenvalue weighted by atomic mass is 16.5. The van der Waals surface area contributed by atoms with E-state index in [4.69, 9.17) is 13.9 Å². The summed E-state index contributed by atoms with van der Waals surface area (Å²) in [5.74, 6) is 0.294. The second-order valence-electron chi connectivity index (χ2n) is 8.16. The van der Waals surface area contributed by atoms with Gasteiger partial charge in [-0.3, -0.25) is 9.59 Å². The second kappa shape index (κ2) is 9.37. The molecule has 4 rings (SSSR count). The van der Waals surface area contributed by atoms with Crippen LogP contribution in [0.25, 0.3) is 22.1 Å². The molecule has 170 valence electrons. The molecule has 2 heterocycles. The van der Waals surface area contributed by atoms with Gasteiger partial charge >= 0.3 is 5.97 Å². The normalized spacial score (nSPS) is 16.4. The molecular weight excluding hydrogens is 420 g/mol. The van der Waals surface area contributed by atoms with Gasteiger partial charge in [-0.15, -0.1) is 0 Å². The van der Waals surface area contributed by atoms with E-state index < -0.39 is 5.92 Å². The molecular formula is C26H26N2O5. The number of likely N-dealkylation sites (tertiary alicyclic amines) is 1. The van der Waals surface area contributed by atoms with Crippen LogP contribution in [0.15, 0.2) is 46.9 Å². The lowest BCUT2D eigenvalue weighted by atomic mass is 9.95. The van der Waals surface area contributed by atoms with Crippen LogP contribution in [-0.2, 0) is 14.3 Å². The Balaban J connectivity index is 1.67. The van der Waals surface area contributed by atoms with Crippen molar-refractivity contribution in [1.29, 1.82) is 5.26 Å². The van der Waals surface area contributed by atoms with Gasteiger partial charge in [0.05, 0.1) is 24.8 Å². The molecule has 2 atom stereocenters. The molecule has 0 N–H and O–H groups in total. The predicted octanol–water partition coefficient (Wildman–Crippen LogP) is 4.64. The van der Waals surface area contributed by atoms with E-state index in [0.29, 0.717) is 35.7 Å². The number of ether oxygens (including phenoxy) is 2. The van der Waals surface area contributed by atoms with Crippen molar-refractivity contribution in [1.82, 2.24) is 4.90 Å². The number of nitriles is 1. The summed E-state index contributed by atoms with van der Waals surface area (Å²) in [4.78, 5) is 25.8. The van der Waals surface area contributed by atoms with Crippen LogP contribution in [0.5, 0.6) is 5.75 Å². The standard InChI is InChI=1S/C26H26N2O5/c1-4-31-26(30)16(2)25-24(22-13-18(14-27)5-10-23(22)33-25)19-6-8-20(9-7-19)32-21-11-12-28(15-21)17(3)29/h5-10,13,16,21H,4,11-12,15H2,1-3H3/t16?,21-/m0/s1. The fourth-order valence-corrected chi connectivity index (χ4v) is 4.17. The number of esters is 1. The number of furan rings is 1. The zero-order valence-corrected chi connectivity index (χ0v) is 19.0. The van der Waals surface area contributed by atoms with Gasteiger partial charge in [0.1, 0.15) is 29.1 Å². The lowest BCUT2D eigenvalue weighted by molar-refractivity contribution is -0.144. The van der Waals surface area contributed by atoms with Crippen LogP contribution in [0.1, 0.15) is 44.4 Å². The number of benzene rings is 2. The van der Waals surface area contributed by atoms with Gasteiger partial charge in [-0.1, -0.05) is 12.1 Å². The van der Waals surface area contributed by atoms with Crippen molar-refractivity contribution in [2.45, 2.75) is 39.2 Å². The quantitative estimate of drug-likeness (QED) is 0.512. The van der Waals surface area contributed by atoms with E-state index >= 15 is 0 Å². The summed E-state index contributed by atoms with van der Waals surface area (Å²) in [6.45, 7) is 6.66. The first-order valence-electron chi connectivity index (χ1n) is 11.1. The third-order valence-corrected chi connectivity index (χ3v) is 5.91. The number of fused-ring (bicyclic) bond motifs is 1. The minimum atomic E-state index is -0.607. The molecule has 0 bridgehead atoms. The summed E-state index contributed by atoms with van der Waals surface area (Å²) in [6.07, 6.45) is 0.762. The van der Waals surface area contributed by atoms with Crippen LogP contribution >= 0.6 is 0 Å². The highest BCUT2D eigenvalue weighted by Crippen LogP contribution is 2.40. The highest BCUT2D eigenvalue weighted by molar-refractivity contribution is 5.98. The average molecular weight is 447 g/mol. The van der Waals surface area contributed by atoms with Crippen LogP contribution in [0.2, 0.25) is 0 Å². The van der Waals surface area contributed by atoms with Crippen LogP contribution in [0.3, 0.4) is 0 Å². The Morgan fingerprint density at radius 1 is 1.24 bits per heavy atom. The summed E-state index contributed by atoms with van der Waals surface area (Å²) in [5.41, 5.74) is 2.72. The number of rotatable bonds is 6. The zero-order chi connectivity index (χ0) is 23.5. The lowest BCUT2D eigenvalue weighted by Crippen LogP contribution is -2.28. The van der Waals surface area contributed by atoms with Gasteiger partial charge < -0.3 is 18.8 Å². The van der Waals surface area contributed by atoms with Gasteiger partial charge in [-0.25, -0.2) is 0 Å². The summed E-state index contributed by atoms with van der Waals surface area (Å²) in [7, 11) is 0. The summed E-state index contributed by atoms with van der Waals surface area (Å²) in [6, 6.07) is 14.9. The van der Waals surface area contributed by atoms with Crippen molar-refractivity contribution in [2.24, 2.45) is 0 Å². The average Bonchev–Trinajstić information content (AvgIpc) is 3.43. The third-order valence-electron chi connectivity index (χ3n) is 5.91. The molecule has 7 nitrogen and oxygen atoms in total. The van der Waals surface area contributed by atoms with Crippen molar-refractivity contribution >= 4 is 22.8 Å². The van der Waals surface area contributed by atoms with Gasteiger partial charge in [0.25, 0.3) is 0 Å². The monoisotopic (exact) mass is 446 g/mol. The van der Waals surface area contributed by atoms with Gasteiger partial charge in [0.2, 0.25) is 5.91 Å². The van der Waals surface area contributed by atoms with Crippen molar-refractivity contribution in [3.63, 3.8) is 0 Å². The van der Waals surface area contributed by atoms with Gasteiger partial charge in [-0.2, -0.15) is 5.26 Å². The third kappa shape index (κ3) is 4.56. The van der Waals surface area contributed by atoms with Gasteiger partial charge in [0, 0.05) is 30.8 Å². The molecule has 1 saturated heterocycles. The highest BCUT2D eigenvalue weighted by Gasteiger charge is 2.28. The van der Waals surface area contributed by atoms with E-state index in [1.807, 2.05) is 24.3 Å². The summed E-state index contributed by atoms with van der Waals surface area (Å²) >= 11 is 0. The topological polar surface area (TPSA) is 92.8 Å². The van der Waals surface area contributed by atoms with E-state index in [1.165, 1.54) is 0 Å². The van der Waals surface area contributed by atoms with E-state index in [-0.39, 0.29) is 24.6 Å². The second-order valence-corrected chi connectivity index (χ2v) is 8.16. The minimum absolute atomic E-state index is 0.0351. The molecule has 1 aliphatic rings. The predicted molar refractivity (Wildman–Crippen MR) is 123 cm³/mol. The zero-order valence-electron chi connectivity index (χ0n) is 19.0. The molecule has 0 radical (unpaired) electrons. The first kappa shape index (κ1) is 22.4. The van der Waals surface area contributed by atoms with Gasteiger partial charge in [-0.05, 0) is 49.7 Å². The van der Waals surface area contributed by atoms with E-state index in [9.17, 15) is 14.9 Å². The first-order chi connectivity index (χ1) is 15.9. The van der Waals surface area contributed by atoms with Crippen LogP contribution in [-0.4, -0.2) is 42.6 Å². The Labute approximate surface area is 192 Å². The number of carbonyl (C=O) groups is 2. The Morgan fingerprint density at radius 3 is 2.64 bits per heavy atom. The Morgan fingerprint density at radius 2 is 2.00 bits per heavy atom. The van der Waals surface area contributed by atoms with Crippen molar-refractivity contribution in [2.75, 3.05) is 19.7 Å². The van der Waals surface area contributed by atoms with Crippen molar-refractivity contribution in [3.05, 3.63) is 53.8 Å². The number of hydrogen-bond donors (Lipinski definition) is 0. The fourth-order valence-electron chi connectivity index (χ4n) is 4.17. The summed E-state index contributed by atoms with van der Waals surface area (Å²) < 4.78 is 17.4. The fraction of sp³-hybridized carbons (Fsp3) is 0.346. The summed E-state index contributed by atoms with van der Waals surface area (Å²) in [5, 5.41) is 10.1. The molecule has 7 heteroatoms. The maximum atomic E-state index is 12.5. The molecule has 33 heavy (non-hydrogen) atoms. The van der Waals surface area contributed by atoms with E-state index in [1.54, 1.807) is 43.9 Å². The Kier molecular flexibility index (Phi) is 6.36. The van der Waals surface area contributed by atoms with Crippen LogP contribution in [0.4, 0.5) is 0 Å². The molecule has 0 spiro atoms. The molecule has 0 saturated carbocycles. The van der Waals surface area contributed by atoms with Crippen molar-refractivity contribution < 1.29 is 23.5 Å². The molecule has 1 unspecified atom stereocenters. The first-order valence-corrected chi connectivity index (χ1v) is 11.1. The molecule has 1 fully saturated rings. The SMILES string of the molecule is CCOC(=O)C(C)c1oc2ccc(C#N)cc2c1-c1ccc(O[C@H]2CCN(C(C)=O)C2)cc1.